The van der Waals surface area contributed by atoms with Gasteiger partial charge >= 0.3 is 0 Å². The van der Waals surface area contributed by atoms with Gasteiger partial charge in [0.1, 0.15) is 0 Å². The van der Waals surface area contributed by atoms with Gasteiger partial charge in [0.25, 0.3) is 0 Å². The van der Waals surface area contributed by atoms with Crippen molar-refractivity contribution in [3.05, 3.63) is 59.7 Å². The SMILES string of the molecule is COc1ccc(C2(O)CCCCC2C(c2ccccc2)N(C)C)cc1OC. The number of rotatable bonds is 6. The van der Waals surface area contributed by atoms with Crippen molar-refractivity contribution in [3.8, 4) is 11.5 Å². The molecule has 0 radical (unpaired) electrons. The maximum atomic E-state index is 11.9. The summed E-state index contributed by atoms with van der Waals surface area (Å²) >= 11 is 0. The van der Waals surface area contributed by atoms with Gasteiger partial charge in [0.2, 0.25) is 0 Å². The average Bonchev–Trinajstić information content (AvgIpc) is 2.69. The Kier molecular flexibility index (Phi) is 6.08. The molecule has 0 heterocycles. The fraction of sp³-hybridized carbons (Fsp3) is 0.478. The van der Waals surface area contributed by atoms with Gasteiger partial charge in [0.05, 0.1) is 19.8 Å². The molecule has 3 unspecified atom stereocenters. The highest BCUT2D eigenvalue weighted by Crippen LogP contribution is 2.50. The van der Waals surface area contributed by atoms with Crippen LogP contribution in [0.4, 0.5) is 0 Å². The van der Waals surface area contributed by atoms with Crippen molar-refractivity contribution in [1.29, 1.82) is 0 Å². The van der Waals surface area contributed by atoms with Crippen LogP contribution in [0.2, 0.25) is 0 Å². The van der Waals surface area contributed by atoms with Crippen LogP contribution in [0, 0.1) is 5.92 Å². The Labute approximate surface area is 162 Å². The summed E-state index contributed by atoms with van der Waals surface area (Å²) in [7, 11) is 7.46. The second-order valence-corrected chi connectivity index (χ2v) is 7.67. The molecule has 0 aliphatic heterocycles. The van der Waals surface area contributed by atoms with Gasteiger partial charge in [-0.05, 0) is 50.2 Å². The van der Waals surface area contributed by atoms with Crippen molar-refractivity contribution >= 4 is 0 Å². The molecule has 1 fully saturated rings. The van der Waals surface area contributed by atoms with E-state index < -0.39 is 5.60 Å². The summed E-state index contributed by atoms with van der Waals surface area (Å²) < 4.78 is 10.9. The minimum absolute atomic E-state index is 0.0988. The maximum absolute atomic E-state index is 11.9. The molecule has 1 N–H and O–H groups in total. The summed E-state index contributed by atoms with van der Waals surface area (Å²) in [6, 6.07) is 16.5. The highest BCUT2D eigenvalue weighted by molar-refractivity contribution is 5.45. The molecule has 0 bridgehead atoms. The Bertz CT molecular complexity index is 747. The maximum Gasteiger partial charge on any atom is 0.161 e. The minimum Gasteiger partial charge on any atom is -0.493 e. The molecule has 0 aromatic heterocycles. The zero-order chi connectivity index (χ0) is 19.4. The van der Waals surface area contributed by atoms with Crippen LogP contribution >= 0.6 is 0 Å². The number of benzene rings is 2. The number of ether oxygens (including phenoxy) is 2. The van der Waals surface area contributed by atoms with Gasteiger partial charge in [-0.25, -0.2) is 0 Å². The lowest BCUT2D eigenvalue weighted by Gasteiger charge is -2.46. The number of hydrogen-bond donors (Lipinski definition) is 1. The molecular formula is C23H31NO3. The summed E-state index contributed by atoms with van der Waals surface area (Å²) in [5.74, 6) is 1.44. The van der Waals surface area contributed by atoms with Crippen molar-refractivity contribution in [1.82, 2.24) is 4.90 Å². The van der Waals surface area contributed by atoms with Crippen molar-refractivity contribution in [2.24, 2.45) is 5.92 Å². The number of nitrogens with zero attached hydrogens (tertiary/aromatic N) is 1. The van der Waals surface area contributed by atoms with Crippen LogP contribution in [0.1, 0.15) is 42.9 Å². The van der Waals surface area contributed by atoms with E-state index in [1.807, 2.05) is 24.3 Å². The summed E-state index contributed by atoms with van der Waals surface area (Å²) in [6.07, 6.45) is 3.90. The van der Waals surface area contributed by atoms with Crippen LogP contribution in [-0.4, -0.2) is 38.3 Å². The molecule has 2 aromatic rings. The highest BCUT2D eigenvalue weighted by atomic mass is 16.5. The first-order valence-electron chi connectivity index (χ1n) is 9.67. The van der Waals surface area contributed by atoms with Gasteiger partial charge < -0.3 is 19.5 Å². The van der Waals surface area contributed by atoms with E-state index in [1.54, 1.807) is 14.2 Å². The van der Waals surface area contributed by atoms with Crippen LogP contribution in [0.15, 0.2) is 48.5 Å². The van der Waals surface area contributed by atoms with E-state index >= 15 is 0 Å². The minimum atomic E-state index is -0.900. The quantitative estimate of drug-likeness (QED) is 0.820. The highest BCUT2D eigenvalue weighted by Gasteiger charge is 2.45. The van der Waals surface area contributed by atoms with Crippen LogP contribution < -0.4 is 9.47 Å². The lowest BCUT2D eigenvalue weighted by molar-refractivity contribution is -0.0839. The summed E-state index contributed by atoms with van der Waals surface area (Å²) in [5, 5.41) is 11.9. The van der Waals surface area contributed by atoms with Crippen LogP contribution in [0.3, 0.4) is 0 Å². The molecule has 3 atom stereocenters. The van der Waals surface area contributed by atoms with Gasteiger partial charge in [0.15, 0.2) is 11.5 Å². The summed E-state index contributed by atoms with van der Waals surface area (Å²) in [6.45, 7) is 0. The molecule has 27 heavy (non-hydrogen) atoms. The van der Waals surface area contributed by atoms with Crippen LogP contribution in [-0.2, 0) is 5.60 Å². The third-order valence-electron chi connectivity index (χ3n) is 5.90. The van der Waals surface area contributed by atoms with E-state index in [2.05, 4.69) is 43.3 Å². The second kappa shape index (κ2) is 8.32. The van der Waals surface area contributed by atoms with E-state index in [-0.39, 0.29) is 12.0 Å². The molecule has 4 nitrogen and oxygen atoms in total. The lowest BCUT2D eigenvalue weighted by atomic mass is 9.67. The predicted molar refractivity (Wildman–Crippen MR) is 108 cm³/mol. The predicted octanol–water partition coefficient (Wildman–Crippen LogP) is 4.38. The standard InChI is InChI=1S/C23H31NO3/c1-24(2)22(17-10-6-5-7-11-17)19-12-8-9-15-23(19,25)18-13-14-20(26-3)21(16-18)27-4/h5-7,10-11,13-14,16,19,22,25H,8-9,12,15H2,1-4H3. The van der Waals surface area contributed by atoms with E-state index in [1.165, 1.54) is 5.56 Å². The summed E-state index contributed by atoms with van der Waals surface area (Å²) in [5.41, 5.74) is 1.25. The van der Waals surface area contributed by atoms with Crippen LogP contribution in [0.25, 0.3) is 0 Å². The topological polar surface area (TPSA) is 41.9 Å². The number of aliphatic hydroxyl groups is 1. The molecule has 0 saturated heterocycles. The van der Waals surface area contributed by atoms with E-state index in [0.29, 0.717) is 11.5 Å². The third kappa shape index (κ3) is 3.83. The second-order valence-electron chi connectivity index (χ2n) is 7.67. The average molecular weight is 370 g/mol. The third-order valence-corrected chi connectivity index (χ3v) is 5.90. The molecule has 0 amide bonds. The Hall–Kier alpha value is -2.04. The zero-order valence-electron chi connectivity index (χ0n) is 16.8. The smallest absolute Gasteiger partial charge is 0.161 e. The van der Waals surface area contributed by atoms with E-state index in [9.17, 15) is 5.11 Å². The molecule has 146 valence electrons. The van der Waals surface area contributed by atoms with Gasteiger partial charge in [-0.15, -0.1) is 0 Å². The number of methoxy groups -OCH3 is 2. The van der Waals surface area contributed by atoms with Crippen LogP contribution in [0.5, 0.6) is 11.5 Å². The Morgan fingerprint density at radius 1 is 1.00 bits per heavy atom. The van der Waals surface area contributed by atoms with E-state index in [4.69, 9.17) is 9.47 Å². The molecular weight excluding hydrogens is 338 g/mol. The molecule has 1 aliphatic carbocycles. The van der Waals surface area contributed by atoms with Crippen molar-refractivity contribution in [2.75, 3.05) is 28.3 Å². The van der Waals surface area contributed by atoms with Gasteiger partial charge in [-0.2, -0.15) is 0 Å². The monoisotopic (exact) mass is 369 g/mol. The molecule has 4 heteroatoms. The largest absolute Gasteiger partial charge is 0.493 e. The Morgan fingerprint density at radius 3 is 2.33 bits per heavy atom. The summed E-state index contributed by atoms with van der Waals surface area (Å²) in [4.78, 5) is 2.23. The van der Waals surface area contributed by atoms with Gasteiger partial charge in [-0.1, -0.05) is 49.2 Å². The van der Waals surface area contributed by atoms with Crippen molar-refractivity contribution in [3.63, 3.8) is 0 Å². The van der Waals surface area contributed by atoms with Crippen molar-refractivity contribution in [2.45, 2.75) is 37.3 Å². The fourth-order valence-corrected chi connectivity index (χ4v) is 4.61. The van der Waals surface area contributed by atoms with Gasteiger partial charge in [-0.3, -0.25) is 0 Å². The molecule has 0 spiro atoms. The Balaban J connectivity index is 2.05. The number of hydrogen-bond acceptors (Lipinski definition) is 4. The lowest BCUT2D eigenvalue weighted by Crippen LogP contribution is -2.45. The molecule has 1 saturated carbocycles. The zero-order valence-corrected chi connectivity index (χ0v) is 16.8. The molecule has 1 aliphatic rings. The first-order valence-corrected chi connectivity index (χ1v) is 9.67. The fourth-order valence-electron chi connectivity index (χ4n) is 4.61. The first kappa shape index (κ1) is 19.7. The Morgan fingerprint density at radius 2 is 1.70 bits per heavy atom. The van der Waals surface area contributed by atoms with E-state index in [0.717, 1.165) is 31.2 Å². The normalized spacial score (nSPS) is 23.9. The van der Waals surface area contributed by atoms with Crippen molar-refractivity contribution < 1.29 is 14.6 Å². The molecule has 3 rings (SSSR count). The first-order chi connectivity index (χ1) is 13.0. The van der Waals surface area contributed by atoms with Gasteiger partial charge in [0, 0.05) is 12.0 Å². The molecule has 2 aromatic carbocycles.